The van der Waals surface area contributed by atoms with Gasteiger partial charge in [0.2, 0.25) is 5.91 Å². The Morgan fingerprint density at radius 2 is 1.56 bits per heavy atom. The van der Waals surface area contributed by atoms with Gasteiger partial charge in [-0.3, -0.25) is 4.79 Å². The molecule has 0 atom stereocenters. The molecule has 0 aliphatic carbocycles. The van der Waals surface area contributed by atoms with E-state index in [0.29, 0.717) is 6.42 Å². The van der Waals surface area contributed by atoms with Gasteiger partial charge >= 0.3 is 0 Å². The summed E-state index contributed by atoms with van der Waals surface area (Å²) in [5.41, 5.74) is 5.75. The number of para-hydroxylation sites is 2. The van der Waals surface area contributed by atoms with E-state index in [-0.39, 0.29) is 5.91 Å². The second-order valence-corrected chi connectivity index (χ2v) is 8.92. The molecule has 4 heteroatoms. The van der Waals surface area contributed by atoms with E-state index in [1.165, 1.54) is 35.3 Å². The molecule has 0 fully saturated rings. The Kier molecular flexibility index (Phi) is 8.50. The van der Waals surface area contributed by atoms with Gasteiger partial charge in [0.15, 0.2) is 0 Å². The van der Waals surface area contributed by atoms with Crippen molar-refractivity contribution in [1.82, 2.24) is 14.9 Å². The molecular formula is C30H35N3O. The van der Waals surface area contributed by atoms with Gasteiger partial charge in [0.1, 0.15) is 5.82 Å². The number of rotatable bonds is 12. The zero-order valence-electron chi connectivity index (χ0n) is 20.2. The zero-order valence-corrected chi connectivity index (χ0v) is 20.2. The van der Waals surface area contributed by atoms with Gasteiger partial charge in [-0.25, -0.2) is 4.98 Å². The van der Waals surface area contributed by atoms with Crippen molar-refractivity contribution >= 4 is 16.9 Å². The number of amides is 1. The third-order valence-electron chi connectivity index (χ3n) is 6.29. The molecule has 1 N–H and O–H groups in total. The van der Waals surface area contributed by atoms with E-state index < -0.39 is 0 Å². The molecule has 4 aromatic rings. The number of imidazole rings is 1. The van der Waals surface area contributed by atoms with Crippen LogP contribution in [0.3, 0.4) is 0 Å². The summed E-state index contributed by atoms with van der Waals surface area (Å²) in [4.78, 5) is 17.2. The molecule has 0 saturated heterocycles. The van der Waals surface area contributed by atoms with Gasteiger partial charge in [0.25, 0.3) is 0 Å². The van der Waals surface area contributed by atoms with Crippen molar-refractivity contribution in [2.24, 2.45) is 0 Å². The van der Waals surface area contributed by atoms with E-state index in [1.807, 2.05) is 30.3 Å². The quantitative estimate of drug-likeness (QED) is 0.246. The second-order valence-electron chi connectivity index (χ2n) is 8.92. The standard InChI is InChI=1S/C30H35N3O/c1-2-3-22-33-28-15-10-9-14-27(28)32-29(33)16-8-5-11-21-31-30(34)23-24-17-19-26(20-18-24)25-12-6-4-7-13-25/h4,6-7,9-10,12-15,17-20H,2-3,5,8,11,16,21-23H2,1H3,(H,31,34). The van der Waals surface area contributed by atoms with Crippen LogP contribution < -0.4 is 5.32 Å². The minimum atomic E-state index is 0.0915. The number of nitrogens with one attached hydrogen (secondary N) is 1. The van der Waals surface area contributed by atoms with Crippen molar-refractivity contribution in [3.8, 4) is 11.1 Å². The van der Waals surface area contributed by atoms with E-state index in [2.05, 4.69) is 65.3 Å². The minimum Gasteiger partial charge on any atom is -0.356 e. The molecule has 0 spiro atoms. The van der Waals surface area contributed by atoms with Gasteiger partial charge in [-0.05, 0) is 48.1 Å². The summed E-state index contributed by atoms with van der Waals surface area (Å²) in [5.74, 6) is 1.28. The summed E-state index contributed by atoms with van der Waals surface area (Å²) in [5, 5.41) is 3.08. The number of hydrogen-bond acceptors (Lipinski definition) is 2. The van der Waals surface area contributed by atoms with Crippen LogP contribution in [0.2, 0.25) is 0 Å². The Morgan fingerprint density at radius 1 is 0.824 bits per heavy atom. The Bertz CT molecular complexity index is 1180. The molecule has 0 unspecified atom stereocenters. The first-order chi connectivity index (χ1) is 16.7. The smallest absolute Gasteiger partial charge is 0.224 e. The fraction of sp³-hybridized carbons (Fsp3) is 0.333. The molecule has 4 rings (SSSR count). The van der Waals surface area contributed by atoms with Crippen LogP contribution in [-0.2, 0) is 24.2 Å². The summed E-state index contributed by atoms with van der Waals surface area (Å²) >= 11 is 0. The van der Waals surface area contributed by atoms with Crippen molar-refractivity contribution in [1.29, 1.82) is 0 Å². The lowest BCUT2D eigenvalue weighted by Crippen LogP contribution is -2.26. The molecule has 4 nitrogen and oxygen atoms in total. The van der Waals surface area contributed by atoms with E-state index in [0.717, 1.165) is 49.9 Å². The number of aromatic nitrogens is 2. The third kappa shape index (κ3) is 6.34. The summed E-state index contributed by atoms with van der Waals surface area (Å²) in [6.07, 6.45) is 6.94. The molecule has 3 aromatic carbocycles. The summed E-state index contributed by atoms with van der Waals surface area (Å²) in [7, 11) is 0. The average molecular weight is 454 g/mol. The molecule has 34 heavy (non-hydrogen) atoms. The summed E-state index contributed by atoms with van der Waals surface area (Å²) < 4.78 is 2.39. The van der Waals surface area contributed by atoms with Crippen molar-refractivity contribution in [2.45, 2.75) is 58.4 Å². The molecule has 0 saturated carbocycles. The molecule has 0 aliphatic heterocycles. The normalized spacial score (nSPS) is 11.1. The molecule has 1 heterocycles. The fourth-order valence-electron chi connectivity index (χ4n) is 4.39. The van der Waals surface area contributed by atoms with Crippen molar-refractivity contribution in [3.05, 3.63) is 90.3 Å². The maximum Gasteiger partial charge on any atom is 0.224 e. The lowest BCUT2D eigenvalue weighted by molar-refractivity contribution is -0.120. The largest absolute Gasteiger partial charge is 0.356 e. The number of carbonyl (C=O) groups excluding carboxylic acids is 1. The van der Waals surface area contributed by atoms with Crippen LogP contribution in [0, 0.1) is 0 Å². The number of carbonyl (C=O) groups is 1. The van der Waals surface area contributed by atoms with Gasteiger partial charge in [-0.1, -0.05) is 86.5 Å². The zero-order chi connectivity index (χ0) is 23.6. The highest BCUT2D eigenvalue weighted by Crippen LogP contribution is 2.20. The van der Waals surface area contributed by atoms with Crippen LogP contribution >= 0.6 is 0 Å². The molecule has 0 bridgehead atoms. The Labute approximate surface area is 203 Å². The van der Waals surface area contributed by atoms with E-state index in [4.69, 9.17) is 4.98 Å². The molecule has 1 aromatic heterocycles. The van der Waals surface area contributed by atoms with Gasteiger partial charge in [-0.15, -0.1) is 0 Å². The molecular weight excluding hydrogens is 418 g/mol. The molecule has 176 valence electrons. The molecule has 0 radical (unpaired) electrons. The van der Waals surface area contributed by atoms with Crippen molar-refractivity contribution < 1.29 is 4.79 Å². The highest BCUT2D eigenvalue weighted by molar-refractivity contribution is 5.79. The van der Waals surface area contributed by atoms with Crippen LogP contribution in [-0.4, -0.2) is 22.0 Å². The van der Waals surface area contributed by atoms with Crippen LogP contribution in [0.25, 0.3) is 22.2 Å². The van der Waals surface area contributed by atoms with Crippen LogP contribution in [0.4, 0.5) is 0 Å². The number of fused-ring (bicyclic) bond motifs is 1. The maximum atomic E-state index is 12.3. The first-order valence-corrected chi connectivity index (χ1v) is 12.6. The number of aryl methyl sites for hydroxylation is 2. The maximum absolute atomic E-state index is 12.3. The lowest BCUT2D eigenvalue weighted by Gasteiger charge is -2.09. The van der Waals surface area contributed by atoms with Crippen LogP contribution in [0.1, 0.15) is 50.4 Å². The lowest BCUT2D eigenvalue weighted by atomic mass is 10.0. The van der Waals surface area contributed by atoms with E-state index in [9.17, 15) is 4.79 Å². The molecule has 1 amide bonds. The fourth-order valence-corrected chi connectivity index (χ4v) is 4.39. The second kappa shape index (κ2) is 12.2. The van der Waals surface area contributed by atoms with Crippen molar-refractivity contribution in [2.75, 3.05) is 6.54 Å². The SMILES string of the molecule is CCCCn1c(CCCCCNC(=O)Cc2ccc(-c3ccccc3)cc2)nc2ccccc21. The minimum absolute atomic E-state index is 0.0915. The Morgan fingerprint density at radius 3 is 2.35 bits per heavy atom. The van der Waals surface area contributed by atoms with Crippen LogP contribution in [0.15, 0.2) is 78.9 Å². The number of benzene rings is 3. The summed E-state index contributed by atoms with van der Waals surface area (Å²) in [6, 6.07) is 27.0. The van der Waals surface area contributed by atoms with Crippen molar-refractivity contribution in [3.63, 3.8) is 0 Å². The predicted molar refractivity (Wildman–Crippen MR) is 141 cm³/mol. The number of hydrogen-bond donors (Lipinski definition) is 1. The molecule has 0 aliphatic rings. The van der Waals surface area contributed by atoms with Gasteiger partial charge in [0.05, 0.1) is 17.5 Å². The first kappa shape index (κ1) is 23.7. The number of nitrogens with zero attached hydrogens (tertiary/aromatic N) is 2. The van der Waals surface area contributed by atoms with E-state index >= 15 is 0 Å². The predicted octanol–water partition coefficient (Wildman–Crippen LogP) is 6.58. The Hall–Kier alpha value is -3.40. The van der Waals surface area contributed by atoms with Gasteiger partial charge < -0.3 is 9.88 Å². The number of unbranched alkanes of at least 4 members (excludes halogenated alkanes) is 3. The highest BCUT2D eigenvalue weighted by atomic mass is 16.1. The van der Waals surface area contributed by atoms with Crippen LogP contribution in [0.5, 0.6) is 0 Å². The topological polar surface area (TPSA) is 46.9 Å². The van der Waals surface area contributed by atoms with Gasteiger partial charge in [0, 0.05) is 19.5 Å². The summed E-state index contributed by atoms with van der Waals surface area (Å²) in [6.45, 7) is 3.99. The highest BCUT2D eigenvalue weighted by Gasteiger charge is 2.10. The van der Waals surface area contributed by atoms with E-state index in [1.54, 1.807) is 0 Å². The first-order valence-electron chi connectivity index (χ1n) is 12.6. The average Bonchev–Trinajstić information content (AvgIpc) is 3.23. The third-order valence-corrected chi connectivity index (χ3v) is 6.29. The van der Waals surface area contributed by atoms with Gasteiger partial charge in [-0.2, -0.15) is 0 Å². The monoisotopic (exact) mass is 453 g/mol. The Balaban J connectivity index is 1.18.